The minimum atomic E-state index is -4.39. The van der Waals surface area contributed by atoms with E-state index in [-0.39, 0.29) is 11.9 Å². The van der Waals surface area contributed by atoms with Crippen LogP contribution in [-0.4, -0.2) is 52.2 Å². The summed E-state index contributed by atoms with van der Waals surface area (Å²) in [5, 5.41) is 0.547. The van der Waals surface area contributed by atoms with Crippen LogP contribution in [0.2, 0.25) is 0 Å². The normalized spacial score (nSPS) is 23.1. The van der Waals surface area contributed by atoms with Crippen LogP contribution in [0.25, 0.3) is 10.9 Å². The third-order valence-corrected chi connectivity index (χ3v) is 5.90. The molecule has 2 aliphatic heterocycles. The number of nitrogens with one attached hydrogen (secondary N) is 1. The van der Waals surface area contributed by atoms with Crippen molar-refractivity contribution in [2.75, 3.05) is 19.6 Å². The van der Waals surface area contributed by atoms with Crippen LogP contribution in [0.1, 0.15) is 24.6 Å². The van der Waals surface area contributed by atoms with E-state index in [4.69, 9.17) is 5.73 Å². The third-order valence-electron chi connectivity index (χ3n) is 5.90. The summed E-state index contributed by atoms with van der Waals surface area (Å²) in [6, 6.07) is 6.58. The zero-order chi connectivity index (χ0) is 21.5. The van der Waals surface area contributed by atoms with E-state index in [9.17, 15) is 18.0 Å². The number of aromatic amines is 1. The predicted molar refractivity (Wildman–Crippen MR) is 109 cm³/mol. The predicted octanol–water partition coefficient (Wildman–Crippen LogP) is 3.11. The first-order chi connectivity index (χ1) is 14.2. The summed E-state index contributed by atoms with van der Waals surface area (Å²) in [6.07, 6.45) is 0.0544. The second-order valence-corrected chi connectivity index (χ2v) is 8.02. The van der Waals surface area contributed by atoms with E-state index in [0.29, 0.717) is 29.9 Å². The lowest BCUT2D eigenvalue weighted by molar-refractivity contribution is -0.140. The molecule has 1 saturated heterocycles. The van der Waals surface area contributed by atoms with Crippen LogP contribution in [0.5, 0.6) is 0 Å². The maximum Gasteiger partial charge on any atom is 0.431 e. The molecule has 3 heterocycles. The van der Waals surface area contributed by atoms with Crippen molar-refractivity contribution in [3.05, 3.63) is 47.8 Å². The van der Waals surface area contributed by atoms with Crippen LogP contribution in [0.4, 0.5) is 13.2 Å². The zero-order valence-electron chi connectivity index (χ0n) is 16.6. The highest BCUT2D eigenvalue weighted by Gasteiger charge is 2.35. The number of carbonyl (C=O) groups excluding carboxylic acids is 1. The van der Waals surface area contributed by atoms with Crippen molar-refractivity contribution in [3.8, 4) is 0 Å². The summed E-state index contributed by atoms with van der Waals surface area (Å²) >= 11 is 0. The molecule has 0 saturated carbocycles. The van der Waals surface area contributed by atoms with Crippen LogP contribution in [0.3, 0.4) is 0 Å². The summed E-state index contributed by atoms with van der Waals surface area (Å²) in [7, 11) is 0. The fourth-order valence-electron chi connectivity index (χ4n) is 4.30. The van der Waals surface area contributed by atoms with Crippen molar-refractivity contribution >= 4 is 22.6 Å². The van der Waals surface area contributed by atoms with Crippen molar-refractivity contribution < 1.29 is 18.0 Å². The molecule has 0 spiro atoms. The van der Waals surface area contributed by atoms with Crippen LogP contribution in [0, 0.1) is 5.92 Å². The minimum absolute atomic E-state index is 0.0859. The number of hydrogen-bond donors (Lipinski definition) is 2. The number of halogens is 3. The summed E-state index contributed by atoms with van der Waals surface area (Å²) < 4.78 is 38.9. The van der Waals surface area contributed by atoms with Crippen LogP contribution in [0.15, 0.2) is 41.5 Å². The number of amidine groups is 1. The number of nitrogens with zero attached hydrogens (tertiary/aromatic N) is 3. The highest BCUT2D eigenvalue weighted by Crippen LogP contribution is 2.32. The third kappa shape index (κ3) is 4.07. The second kappa shape index (κ2) is 7.79. The highest BCUT2D eigenvalue weighted by atomic mass is 19.4. The highest BCUT2D eigenvalue weighted by molar-refractivity contribution is 6.37. The maximum absolute atomic E-state index is 13.0. The number of carbonyl (C=O) groups is 1. The van der Waals surface area contributed by atoms with E-state index in [1.54, 1.807) is 18.3 Å². The second-order valence-electron chi connectivity index (χ2n) is 8.02. The van der Waals surface area contributed by atoms with Gasteiger partial charge in [0.25, 0.3) is 5.91 Å². The van der Waals surface area contributed by atoms with Gasteiger partial charge in [-0.25, -0.2) is 4.99 Å². The molecule has 1 fully saturated rings. The molecule has 9 heteroatoms. The number of H-pyrrole nitrogens is 1. The van der Waals surface area contributed by atoms with Gasteiger partial charge in [-0.1, -0.05) is 13.0 Å². The number of alkyl halides is 3. The molecule has 1 aromatic carbocycles. The van der Waals surface area contributed by atoms with Gasteiger partial charge in [0, 0.05) is 42.8 Å². The zero-order valence-corrected chi connectivity index (χ0v) is 16.6. The van der Waals surface area contributed by atoms with Gasteiger partial charge in [0.15, 0.2) is 5.84 Å². The topological polar surface area (TPSA) is 77.7 Å². The fraction of sp³-hybridized carbons (Fsp3) is 0.429. The molecule has 4 rings (SSSR count). The number of rotatable bonds is 4. The molecule has 1 amide bonds. The number of likely N-dealkylation sites (tertiary alicyclic amines) is 1. The Morgan fingerprint density at radius 1 is 1.33 bits per heavy atom. The molecule has 1 aromatic heterocycles. The Morgan fingerprint density at radius 2 is 2.13 bits per heavy atom. The number of piperidine rings is 1. The number of benzene rings is 1. The van der Waals surface area contributed by atoms with Gasteiger partial charge in [-0.05, 0) is 48.7 Å². The van der Waals surface area contributed by atoms with Crippen LogP contribution < -0.4 is 5.73 Å². The molecule has 30 heavy (non-hydrogen) atoms. The summed E-state index contributed by atoms with van der Waals surface area (Å²) in [5.74, 6) is 0.102. The molecule has 6 nitrogen and oxygen atoms in total. The van der Waals surface area contributed by atoms with Crippen molar-refractivity contribution in [1.29, 1.82) is 0 Å². The Balaban J connectivity index is 1.50. The standard InChI is InChI=1S/C21H24F3N5O/c1-13-5-8-28(12-17(13)29-7-2-6-26-20(29)19(25)30)11-14-3-4-16-15(9-14)10-18(27-16)21(22,23)24/h2-4,6,9-10,13,17,27H,5,7-8,11-12H2,1H3,(H2,25,30). The van der Waals surface area contributed by atoms with Gasteiger partial charge in [0.1, 0.15) is 5.69 Å². The van der Waals surface area contributed by atoms with E-state index >= 15 is 0 Å². The Kier molecular flexibility index (Phi) is 5.31. The Morgan fingerprint density at radius 3 is 2.87 bits per heavy atom. The molecule has 2 aliphatic rings. The average molecular weight is 419 g/mol. The minimum Gasteiger partial charge on any atom is -0.363 e. The van der Waals surface area contributed by atoms with Crippen molar-refractivity contribution in [2.45, 2.75) is 32.1 Å². The Bertz CT molecular complexity index is 1010. The molecule has 2 aromatic rings. The number of nitrogens with two attached hydrogens (primary N) is 1. The van der Waals surface area contributed by atoms with Crippen molar-refractivity contribution in [2.24, 2.45) is 16.6 Å². The Hall–Kier alpha value is -2.81. The molecule has 0 bridgehead atoms. The van der Waals surface area contributed by atoms with E-state index in [0.717, 1.165) is 31.1 Å². The van der Waals surface area contributed by atoms with Gasteiger partial charge < -0.3 is 15.6 Å². The number of hydrogen-bond acceptors (Lipinski definition) is 4. The molecule has 0 aliphatic carbocycles. The Labute approximate surface area is 172 Å². The monoisotopic (exact) mass is 419 g/mol. The number of amides is 1. The number of aliphatic imine (C=N–C) groups is 1. The number of fused-ring (bicyclic) bond motifs is 1. The lowest BCUT2D eigenvalue weighted by Crippen LogP contribution is -2.56. The first kappa shape index (κ1) is 20.5. The number of aromatic nitrogens is 1. The van der Waals surface area contributed by atoms with E-state index < -0.39 is 17.8 Å². The molecule has 2 unspecified atom stereocenters. The summed E-state index contributed by atoms with van der Waals surface area (Å²) in [5.41, 5.74) is 6.19. The lowest BCUT2D eigenvalue weighted by atomic mass is 9.91. The lowest BCUT2D eigenvalue weighted by Gasteiger charge is -2.44. The van der Waals surface area contributed by atoms with E-state index in [1.807, 2.05) is 17.0 Å². The SMILES string of the molecule is CC1CCN(Cc2ccc3[nH]c(C(F)(F)F)cc3c2)CC1N1CC=CN=C1C(N)=O. The summed E-state index contributed by atoms with van der Waals surface area (Å²) in [4.78, 5) is 22.6. The van der Waals surface area contributed by atoms with Gasteiger partial charge in [-0.3, -0.25) is 9.69 Å². The molecular formula is C21H24F3N5O. The molecule has 160 valence electrons. The molecule has 3 N–H and O–H groups in total. The van der Waals surface area contributed by atoms with E-state index in [1.165, 1.54) is 0 Å². The van der Waals surface area contributed by atoms with Gasteiger partial charge in [-0.2, -0.15) is 13.2 Å². The first-order valence-corrected chi connectivity index (χ1v) is 9.93. The van der Waals surface area contributed by atoms with E-state index in [2.05, 4.69) is 21.8 Å². The van der Waals surface area contributed by atoms with Crippen LogP contribution in [-0.2, 0) is 17.5 Å². The molecule has 2 atom stereocenters. The first-order valence-electron chi connectivity index (χ1n) is 9.93. The maximum atomic E-state index is 13.0. The molecule has 0 radical (unpaired) electrons. The summed E-state index contributed by atoms with van der Waals surface area (Å²) in [6.45, 7) is 4.96. The van der Waals surface area contributed by atoms with Crippen LogP contribution >= 0.6 is 0 Å². The van der Waals surface area contributed by atoms with Gasteiger partial charge in [0.05, 0.1) is 0 Å². The average Bonchev–Trinajstić information content (AvgIpc) is 3.13. The van der Waals surface area contributed by atoms with Gasteiger partial charge in [-0.15, -0.1) is 0 Å². The smallest absolute Gasteiger partial charge is 0.363 e. The van der Waals surface area contributed by atoms with Gasteiger partial charge in [0.2, 0.25) is 0 Å². The molecular weight excluding hydrogens is 395 g/mol. The number of primary amides is 1. The largest absolute Gasteiger partial charge is 0.431 e. The van der Waals surface area contributed by atoms with Gasteiger partial charge >= 0.3 is 6.18 Å². The van der Waals surface area contributed by atoms with Crippen molar-refractivity contribution in [1.82, 2.24) is 14.8 Å². The van der Waals surface area contributed by atoms with Crippen molar-refractivity contribution in [3.63, 3.8) is 0 Å². The fourth-order valence-corrected chi connectivity index (χ4v) is 4.30. The quantitative estimate of drug-likeness (QED) is 0.800.